The van der Waals surface area contributed by atoms with Crippen LogP contribution in [0.5, 0.6) is 0 Å². The molecule has 5 nitrogen and oxygen atoms in total. The average molecular weight is 276 g/mol. The lowest BCUT2D eigenvalue weighted by molar-refractivity contribution is -0.121. The van der Waals surface area contributed by atoms with Gasteiger partial charge in [0.25, 0.3) is 0 Å². The fourth-order valence-electron chi connectivity index (χ4n) is 1.80. The molecule has 0 fully saturated rings. The van der Waals surface area contributed by atoms with Crippen molar-refractivity contribution >= 4 is 5.91 Å². The van der Waals surface area contributed by atoms with Gasteiger partial charge >= 0.3 is 0 Å². The molecular weight excluding hydrogens is 259 g/mol. The Balaban J connectivity index is 1.97. The topological polar surface area (TPSA) is 59.0 Å². The third-order valence-corrected chi connectivity index (χ3v) is 2.89. The first-order chi connectivity index (χ1) is 9.70. The van der Waals surface area contributed by atoms with E-state index in [2.05, 4.69) is 15.6 Å². The highest BCUT2D eigenvalue weighted by atomic mass is 19.1. The summed E-state index contributed by atoms with van der Waals surface area (Å²) in [4.78, 5) is 15.3. The summed E-state index contributed by atoms with van der Waals surface area (Å²) in [5.74, 6) is -0.400. The minimum absolute atomic E-state index is 0.0570. The minimum atomic E-state index is -0.343. The summed E-state index contributed by atoms with van der Waals surface area (Å²) in [6, 6.07) is 4.89. The monoisotopic (exact) mass is 276 g/mol. The van der Waals surface area contributed by atoms with Crippen molar-refractivity contribution in [2.75, 3.05) is 13.6 Å². The summed E-state index contributed by atoms with van der Waals surface area (Å²) in [5, 5.41) is 5.65. The number of imidazole rings is 1. The van der Waals surface area contributed by atoms with E-state index >= 15 is 0 Å². The number of rotatable bonds is 6. The van der Waals surface area contributed by atoms with Crippen molar-refractivity contribution in [1.82, 2.24) is 20.2 Å². The van der Waals surface area contributed by atoms with E-state index in [9.17, 15) is 9.18 Å². The van der Waals surface area contributed by atoms with E-state index in [0.717, 1.165) is 5.56 Å². The Morgan fingerprint density at radius 1 is 1.45 bits per heavy atom. The number of nitrogens with zero attached hydrogens (tertiary/aromatic N) is 2. The molecule has 0 aliphatic rings. The van der Waals surface area contributed by atoms with Crippen molar-refractivity contribution in [3.05, 3.63) is 48.3 Å². The molecule has 0 aliphatic heterocycles. The number of benzene rings is 1. The van der Waals surface area contributed by atoms with E-state index in [1.165, 1.54) is 12.4 Å². The fourth-order valence-corrected chi connectivity index (χ4v) is 1.80. The number of halogens is 1. The predicted molar refractivity (Wildman–Crippen MR) is 73.9 cm³/mol. The molecule has 0 atom stereocenters. The smallest absolute Gasteiger partial charge is 0.221 e. The van der Waals surface area contributed by atoms with Gasteiger partial charge in [0, 0.05) is 31.9 Å². The van der Waals surface area contributed by atoms with Gasteiger partial charge in [0.2, 0.25) is 5.91 Å². The SMILES string of the molecule is CNCCC(=O)NCc1ccc(-n2ccnc2)c(F)c1. The van der Waals surface area contributed by atoms with Gasteiger partial charge in [0.15, 0.2) is 0 Å². The Kier molecular flexibility index (Phi) is 4.84. The molecule has 0 bridgehead atoms. The summed E-state index contributed by atoms with van der Waals surface area (Å²) in [6.45, 7) is 0.948. The average Bonchev–Trinajstić information content (AvgIpc) is 2.97. The van der Waals surface area contributed by atoms with E-state index in [4.69, 9.17) is 0 Å². The first-order valence-corrected chi connectivity index (χ1v) is 6.39. The summed E-state index contributed by atoms with van der Waals surface area (Å²) in [7, 11) is 1.79. The molecule has 2 N–H and O–H groups in total. The van der Waals surface area contributed by atoms with Gasteiger partial charge in [-0.15, -0.1) is 0 Å². The van der Waals surface area contributed by atoms with Gasteiger partial charge in [-0.1, -0.05) is 6.07 Å². The maximum Gasteiger partial charge on any atom is 0.221 e. The second-order valence-corrected chi connectivity index (χ2v) is 4.39. The molecule has 0 radical (unpaired) electrons. The number of carbonyl (C=O) groups is 1. The molecule has 1 amide bonds. The molecule has 0 unspecified atom stereocenters. The zero-order valence-corrected chi connectivity index (χ0v) is 11.3. The summed E-state index contributed by atoms with van der Waals surface area (Å²) in [5.41, 5.74) is 1.16. The second kappa shape index (κ2) is 6.81. The molecule has 20 heavy (non-hydrogen) atoms. The number of hydrogen-bond donors (Lipinski definition) is 2. The Bertz CT molecular complexity index is 569. The highest BCUT2D eigenvalue weighted by Gasteiger charge is 2.06. The van der Waals surface area contributed by atoms with Gasteiger partial charge in [-0.2, -0.15) is 0 Å². The molecule has 0 aliphatic carbocycles. The van der Waals surface area contributed by atoms with E-state index in [0.29, 0.717) is 25.2 Å². The molecule has 2 aromatic rings. The van der Waals surface area contributed by atoms with E-state index in [1.54, 1.807) is 36.1 Å². The van der Waals surface area contributed by atoms with E-state index in [-0.39, 0.29) is 11.7 Å². The van der Waals surface area contributed by atoms with Gasteiger partial charge in [-0.05, 0) is 24.7 Å². The van der Waals surface area contributed by atoms with Crippen LogP contribution in [0.4, 0.5) is 4.39 Å². The van der Waals surface area contributed by atoms with Crippen molar-refractivity contribution in [2.45, 2.75) is 13.0 Å². The maximum absolute atomic E-state index is 14.0. The van der Waals surface area contributed by atoms with Gasteiger partial charge in [-0.25, -0.2) is 9.37 Å². The lowest BCUT2D eigenvalue weighted by Crippen LogP contribution is -2.26. The molecule has 106 valence electrons. The molecule has 0 saturated carbocycles. The number of nitrogens with one attached hydrogen (secondary N) is 2. The predicted octanol–water partition coefficient (Wildman–Crippen LogP) is 1.24. The standard InChI is InChI=1S/C14H17FN4O/c1-16-5-4-14(20)18-9-11-2-3-13(12(15)8-11)19-7-6-17-10-19/h2-3,6-8,10,16H,4-5,9H2,1H3,(H,18,20). The number of amides is 1. The Morgan fingerprint density at radius 2 is 2.30 bits per heavy atom. The van der Waals surface area contributed by atoms with Crippen molar-refractivity contribution in [1.29, 1.82) is 0 Å². The molecule has 0 spiro atoms. The lowest BCUT2D eigenvalue weighted by Gasteiger charge is -2.08. The number of hydrogen-bond acceptors (Lipinski definition) is 3. The second-order valence-electron chi connectivity index (χ2n) is 4.39. The van der Waals surface area contributed by atoms with Gasteiger partial charge in [0.1, 0.15) is 5.82 Å². The number of carbonyl (C=O) groups excluding carboxylic acids is 1. The van der Waals surface area contributed by atoms with Crippen LogP contribution < -0.4 is 10.6 Å². The normalized spacial score (nSPS) is 10.5. The molecule has 1 heterocycles. The van der Waals surface area contributed by atoms with Gasteiger partial charge in [0.05, 0.1) is 12.0 Å². The fraction of sp³-hybridized carbons (Fsp3) is 0.286. The zero-order chi connectivity index (χ0) is 14.4. The summed E-state index contributed by atoms with van der Waals surface area (Å²) in [6.07, 6.45) is 5.22. The van der Waals surface area contributed by atoms with Crippen molar-refractivity contribution < 1.29 is 9.18 Å². The first kappa shape index (κ1) is 14.2. The highest BCUT2D eigenvalue weighted by Crippen LogP contribution is 2.14. The molecule has 6 heteroatoms. The van der Waals surface area contributed by atoms with Crippen LogP contribution >= 0.6 is 0 Å². The van der Waals surface area contributed by atoms with Gasteiger partial charge < -0.3 is 15.2 Å². The van der Waals surface area contributed by atoms with Crippen molar-refractivity contribution in [3.8, 4) is 5.69 Å². The Labute approximate surface area is 116 Å². The summed E-state index contributed by atoms with van der Waals surface area (Å²) < 4.78 is 15.6. The summed E-state index contributed by atoms with van der Waals surface area (Å²) >= 11 is 0. The molecular formula is C14H17FN4O. The van der Waals surface area contributed by atoms with Crippen LogP contribution in [0.2, 0.25) is 0 Å². The highest BCUT2D eigenvalue weighted by molar-refractivity contribution is 5.76. The third-order valence-electron chi connectivity index (χ3n) is 2.89. The largest absolute Gasteiger partial charge is 0.352 e. The quantitative estimate of drug-likeness (QED) is 0.834. The minimum Gasteiger partial charge on any atom is -0.352 e. The van der Waals surface area contributed by atoms with Crippen LogP contribution in [0.3, 0.4) is 0 Å². The van der Waals surface area contributed by atoms with Crippen molar-refractivity contribution in [3.63, 3.8) is 0 Å². The molecule has 2 rings (SSSR count). The molecule has 0 saturated heterocycles. The third kappa shape index (κ3) is 3.64. The van der Waals surface area contributed by atoms with E-state index < -0.39 is 0 Å². The maximum atomic E-state index is 14.0. The number of aromatic nitrogens is 2. The van der Waals surface area contributed by atoms with Crippen LogP contribution in [0.15, 0.2) is 36.9 Å². The zero-order valence-electron chi connectivity index (χ0n) is 11.3. The Hall–Kier alpha value is -2.21. The first-order valence-electron chi connectivity index (χ1n) is 6.39. The van der Waals surface area contributed by atoms with E-state index in [1.807, 2.05) is 0 Å². The Morgan fingerprint density at radius 3 is 2.95 bits per heavy atom. The lowest BCUT2D eigenvalue weighted by atomic mass is 10.2. The van der Waals surface area contributed by atoms with Crippen LogP contribution in [0.1, 0.15) is 12.0 Å². The van der Waals surface area contributed by atoms with Crippen LogP contribution in [0, 0.1) is 5.82 Å². The molecule has 1 aromatic heterocycles. The molecule has 1 aromatic carbocycles. The van der Waals surface area contributed by atoms with Gasteiger partial charge in [-0.3, -0.25) is 4.79 Å². The van der Waals surface area contributed by atoms with Crippen molar-refractivity contribution in [2.24, 2.45) is 0 Å². The van der Waals surface area contributed by atoms with Crippen LogP contribution in [-0.2, 0) is 11.3 Å². The van der Waals surface area contributed by atoms with Crippen LogP contribution in [0.25, 0.3) is 5.69 Å². The van der Waals surface area contributed by atoms with Crippen LogP contribution in [-0.4, -0.2) is 29.1 Å².